The summed E-state index contributed by atoms with van der Waals surface area (Å²) in [5, 5.41) is 3.00. The van der Waals surface area contributed by atoms with Crippen LogP contribution in [0.15, 0.2) is 29.8 Å². The molecule has 1 unspecified atom stereocenters. The second-order valence-corrected chi connectivity index (χ2v) is 6.72. The summed E-state index contributed by atoms with van der Waals surface area (Å²) in [4.78, 5) is 12.2. The van der Waals surface area contributed by atoms with Gasteiger partial charge in [-0.15, -0.1) is 0 Å². The fourth-order valence-corrected chi connectivity index (χ4v) is 3.45. The summed E-state index contributed by atoms with van der Waals surface area (Å²) < 4.78 is 5.85. The highest BCUT2D eigenvalue weighted by molar-refractivity contribution is 5.80. The van der Waals surface area contributed by atoms with Crippen molar-refractivity contribution in [3.63, 3.8) is 0 Å². The maximum absolute atomic E-state index is 12.2. The van der Waals surface area contributed by atoms with Gasteiger partial charge in [-0.2, -0.15) is 0 Å². The molecule has 23 heavy (non-hydrogen) atoms. The topological polar surface area (TPSA) is 38.3 Å². The van der Waals surface area contributed by atoms with E-state index in [4.69, 9.17) is 4.74 Å². The minimum atomic E-state index is -0.458. The van der Waals surface area contributed by atoms with E-state index in [0.29, 0.717) is 6.54 Å². The molecular formula is C20H27NO2. The molecule has 3 nitrogen and oxygen atoms in total. The van der Waals surface area contributed by atoms with E-state index in [2.05, 4.69) is 23.5 Å². The van der Waals surface area contributed by atoms with E-state index in [1.54, 1.807) is 0 Å². The number of ether oxygens (including phenoxy) is 1. The zero-order chi connectivity index (χ0) is 16.1. The Morgan fingerprint density at radius 1 is 1.13 bits per heavy atom. The van der Waals surface area contributed by atoms with Gasteiger partial charge < -0.3 is 10.1 Å². The molecule has 0 heterocycles. The van der Waals surface area contributed by atoms with Crippen molar-refractivity contribution in [2.45, 2.75) is 64.4 Å². The van der Waals surface area contributed by atoms with E-state index >= 15 is 0 Å². The van der Waals surface area contributed by atoms with E-state index in [1.807, 2.05) is 13.0 Å². The molecule has 1 N–H and O–H groups in total. The molecular weight excluding hydrogens is 286 g/mol. The number of rotatable bonds is 5. The third-order valence-corrected chi connectivity index (χ3v) is 4.88. The van der Waals surface area contributed by atoms with Gasteiger partial charge in [0, 0.05) is 6.54 Å². The molecule has 1 atom stereocenters. The molecule has 0 saturated carbocycles. The van der Waals surface area contributed by atoms with Crippen LogP contribution in [0.3, 0.4) is 0 Å². The lowest BCUT2D eigenvalue weighted by Crippen LogP contribution is -2.37. The minimum absolute atomic E-state index is 0.0332. The average Bonchev–Trinajstić information content (AvgIpc) is 2.60. The summed E-state index contributed by atoms with van der Waals surface area (Å²) in [5.74, 6) is 0.777. The molecule has 0 saturated heterocycles. The lowest BCUT2D eigenvalue weighted by Gasteiger charge is -2.20. The molecule has 0 radical (unpaired) electrons. The highest BCUT2D eigenvalue weighted by Gasteiger charge is 2.16. The predicted molar refractivity (Wildman–Crippen MR) is 92.7 cm³/mol. The Morgan fingerprint density at radius 3 is 2.70 bits per heavy atom. The van der Waals surface area contributed by atoms with E-state index < -0.39 is 6.10 Å². The molecule has 0 fully saturated rings. The van der Waals surface area contributed by atoms with Gasteiger partial charge in [-0.05, 0) is 81.5 Å². The first-order valence-electron chi connectivity index (χ1n) is 8.96. The van der Waals surface area contributed by atoms with E-state index in [-0.39, 0.29) is 5.91 Å². The highest BCUT2D eigenvalue weighted by atomic mass is 16.5. The lowest BCUT2D eigenvalue weighted by molar-refractivity contribution is -0.127. The van der Waals surface area contributed by atoms with Crippen LogP contribution < -0.4 is 10.1 Å². The Labute approximate surface area is 139 Å². The Hall–Kier alpha value is -1.77. The third-order valence-electron chi connectivity index (χ3n) is 4.88. The average molecular weight is 313 g/mol. The van der Waals surface area contributed by atoms with Gasteiger partial charge in [-0.1, -0.05) is 17.7 Å². The van der Waals surface area contributed by atoms with Crippen molar-refractivity contribution in [3.05, 3.63) is 41.0 Å². The molecule has 2 aliphatic rings. The number of allylic oxidation sites excluding steroid dienone is 1. The second-order valence-electron chi connectivity index (χ2n) is 6.72. The van der Waals surface area contributed by atoms with Crippen LogP contribution in [0.5, 0.6) is 5.75 Å². The van der Waals surface area contributed by atoms with E-state index in [1.165, 1.54) is 48.8 Å². The number of hydrogen-bond donors (Lipinski definition) is 1. The number of hydrogen-bond acceptors (Lipinski definition) is 2. The van der Waals surface area contributed by atoms with Crippen molar-refractivity contribution in [2.75, 3.05) is 6.54 Å². The first-order valence-corrected chi connectivity index (χ1v) is 8.96. The van der Waals surface area contributed by atoms with Crippen molar-refractivity contribution < 1.29 is 9.53 Å². The van der Waals surface area contributed by atoms with Crippen LogP contribution >= 0.6 is 0 Å². The predicted octanol–water partition coefficient (Wildman–Crippen LogP) is 3.95. The van der Waals surface area contributed by atoms with Gasteiger partial charge in [-0.3, -0.25) is 4.79 Å². The zero-order valence-electron chi connectivity index (χ0n) is 14.1. The molecule has 0 spiro atoms. The number of fused-ring (bicyclic) bond motifs is 1. The van der Waals surface area contributed by atoms with Crippen molar-refractivity contribution in [1.29, 1.82) is 0 Å². The Bertz CT molecular complexity index is 591. The van der Waals surface area contributed by atoms with Gasteiger partial charge in [0.25, 0.3) is 5.91 Å². The Morgan fingerprint density at radius 2 is 1.91 bits per heavy atom. The number of carbonyl (C=O) groups is 1. The summed E-state index contributed by atoms with van der Waals surface area (Å²) in [7, 11) is 0. The van der Waals surface area contributed by atoms with Crippen LogP contribution in [0, 0.1) is 0 Å². The van der Waals surface area contributed by atoms with Gasteiger partial charge in [-0.25, -0.2) is 0 Å². The summed E-state index contributed by atoms with van der Waals surface area (Å²) in [6.45, 7) is 2.49. The standard InChI is InChI=1S/C20H27NO2/c1-15(20(22)21-14-16-7-3-2-4-8-16)23-19-12-11-17-9-5-6-10-18(17)13-19/h7,11-13,15H,2-6,8-10,14H2,1H3,(H,21,22). The number of benzene rings is 1. The van der Waals surface area contributed by atoms with E-state index in [0.717, 1.165) is 25.0 Å². The van der Waals surface area contributed by atoms with Crippen LogP contribution in [-0.4, -0.2) is 18.6 Å². The second kappa shape index (κ2) is 7.67. The zero-order valence-corrected chi connectivity index (χ0v) is 14.1. The van der Waals surface area contributed by atoms with Crippen LogP contribution in [0.1, 0.15) is 56.6 Å². The maximum Gasteiger partial charge on any atom is 0.261 e. The normalized spacial score (nSPS) is 18.6. The fourth-order valence-electron chi connectivity index (χ4n) is 3.45. The Kier molecular flexibility index (Phi) is 5.37. The van der Waals surface area contributed by atoms with Crippen LogP contribution in [0.25, 0.3) is 0 Å². The quantitative estimate of drug-likeness (QED) is 0.836. The summed E-state index contributed by atoms with van der Waals surface area (Å²) >= 11 is 0. The largest absolute Gasteiger partial charge is 0.481 e. The van der Waals surface area contributed by atoms with Gasteiger partial charge in [0.1, 0.15) is 5.75 Å². The SMILES string of the molecule is CC(Oc1ccc2c(c1)CCCC2)C(=O)NCC1=CCCCC1. The molecule has 0 bridgehead atoms. The van der Waals surface area contributed by atoms with Crippen LogP contribution in [0.4, 0.5) is 0 Å². The number of aryl methyl sites for hydroxylation is 2. The molecule has 1 aromatic carbocycles. The molecule has 124 valence electrons. The van der Waals surface area contributed by atoms with Gasteiger partial charge in [0.2, 0.25) is 0 Å². The summed E-state index contributed by atoms with van der Waals surface area (Å²) in [6, 6.07) is 6.26. The smallest absolute Gasteiger partial charge is 0.261 e. The number of amides is 1. The molecule has 2 aliphatic carbocycles. The first-order chi connectivity index (χ1) is 11.2. The van der Waals surface area contributed by atoms with Crippen molar-refractivity contribution in [1.82, 2.24) is 5.32 Å². The van der Waals surface area contributed by atoms with Crippen molar-refractivity contribution in [2.24, 2.45) is 0 Å². The maximum atomic E-state index is 12.2. The van der Waals surface area contributed by atoms with Crippen molar-refractivity contribution in [3.8, 4) is 5.75 Å². The van der Waals surface area contributed by atoms with E-state index in [9.17, 15) is 4.79 Å². The van der Waals surface area contributed by atoms with Crippen molar-refractivity contribution >= 4 is 5.91 Å². The number of nitrogens with one attached hydrogen (secondary N) is 1. The Balaban J connectivity index is 1.52. The van der Waals surface area contributed by atoms with Crippen LogP contribution in [0.2, 0.25) is 0 Å². The molecule has 0 aromatic heterocycles. The van der Waals surface area contributed by atoms with Gasteiger partial charge >= 0.3 is 0 Å². The molecule has 1 amide bonds. The molecule has 0 aliphatic heterocycles. The summed E-state index contributed by atoms with van der Waals surface area (Å²) in [6.07, 6.45) is 11.4. The van der Waals surface area contributed by atoms with Gasteiger partial charge in [0.15, 0.2) is 6.10 Å². The fraction of sp³-hybridized carbons (Fsp3) is 0.550. The highest BCUT2D eigenvalue weighted by Crippen LogP contribution is 2.26. The third kappa shape index (κ3) is 4.37. The van der Waals surface area contributed by atoms with Crippen LogP contribution in [-0.2, 0) is 17.6 Å². The summed E-state index contributed by atoms with van der Waals surface area (Å²) in [5.41, 5.74) is 4.17. The number of carbonyl (C=O) groups excluding carboxylic acids is 1. The van der Waals surface area contributed by atoms with Gasteiger partial charge in [0.05, 0.1) is 0 Å². The first kappa shape index (κ1) is 16.1. The molecule has 1 aromatic rings. The lowest BCUT2D eigenvalue weighted by atomic mass is 9.92. The molecule has 3 heteroatoms. The minimum Gasteiger partial charge on any atom is -0.481 e. The monoisotopic (exact) mass is 313 g/mol. The molecule has 3 rings (SSSR count).